The molecule has 1 saturated carbocycles. The minimum Gasteiger partial charge on any atom is -0.361 e. The third-order valence-corrected chi connectivity index (χ3v) is 5.59. The quantitative estimate of drug-likeness (QED) is 0.550. The van der Waals surface area contributed by atoms with Crippen molar-refractivity contribution in [1.29, 1.82) is 0 Å². The molecule has 1 aromatic heterocycles. The third kappa shape index (κ3) is 3.52. The van der Waals surface area contributed by atoms with Crippen LogP contribution in [0.4, 0.5) is 5.69 Å². The fourth-order valence-corrected chi connectivity index (χ4v) is 3.58. The van der Waals surface area contributed by atoms with Crippen LogP contribution in [0.2, 0.25) is 0 Å². The summed E-state index contributed by atoms with van der Waals surface area (Å²) in [6, 6.07) is 15.9. The number of para-hydroxylation sites is 1. The van der Waals surface area contributed by atoms with Gasteiger partial charge in [-0.15, -0.1) is 0 Å². The lowest BCUT2D eigenvalue weighted by molar-refractivity contribution is -0.134. The van der Waals surface area contributed by atoms with Gasteiger partial charge in [0.1, 0.15) is 5.41 Å². The molecule has 4 rings (SSSR count). The molecule has 2 aromatic carbocycles. The molecule has 1 fully saturated rings. The number of benzene rings is 2. The maximum atomic E-state index is 12.7. The third-order valence-electron chi connectivity index (χ3n) is 5.59. The van der Waals surface area contributed by atoms with Gasteiger partial charge < -0.3 is 15.6 Å². The maximum Gasteiger partial charge on any atom is 0.240 e. The fraction of sp³-hybridized carbons (Fsp3) is 0.304. The molecule has 28 heavy (non-hydrogen) atoms. The van der Waals surface area contributed by atoms with E-state index in [2.05, 4.69) is 28.6 Å². The number of rotatable bonds is 7. The van der Waals surface area contributed by atoms with E-state index in [4.69, 9.17) is 0 Å². The van der Waals surface area contributed by atoms with Crippen molar-refractivity contribution in [2.75, 3.05) is 11.9 Å². The van der Waals surface area contributed by atoms with E-state index >= 15 is 0 Å². The molecule has 0 atom stereocenters. The van der Waals surface area contributed by atoms with Gasteiger partial charge in [0.25, 0.3) is 0 Å². The predicted octanol–water partition coefficient (Wildman–Crippen LogP) is 3.81. The van der Waals surface area contributed by atoms with Crippen molar-refractivity contribution in [2.24, 2.45) is 5.41 Å². The lowest BCUT2D eigenvalue weighted by atomic mass is 10.0. The number of H-pyrrole nitrogens is 1. The Morgan fingerprint density at radius 3 is 2.50 bits per heavy atom. The minimum absolute atomic E-state index is 0.171. The summed E-state index contributed by atoms with van der Waals surface area (Å²) >= 11 is 0. The number of nitrogens with one attached hydrogen (secondary N) is 3. The average Bonchev–Trinajstić information content (AvgIpc) is 3.45. The summed E-state index contributed by atoms with van der Waals surface area (Å²) in [5.74, 6) is -0.378. The molecule has 1 heterocycles. The molecular weight excluding hydrogens is 350 g/mol. The zero-order chi connectivity index (χ0) is 19.6. The summed E-state index contributed by atoms with van der Waals surface area (Å²) in [5.41, 5.74) is 3.30. The van der Waals surface area contributed by atoms with Crippen molar-refractivity contribution in [3.8, 4) is 0 Å². The highest BCUT2D eigenvalue weighted by Crippen LogP contribution is 2.46. The summed E-state index contributed by atoms with van der Waals surface area (Å²) in [6.07, 6.45) is 4.87. The first-order chi connectivity index (χ1) is 13.6. The highest BCUT2D eigenvalue weighted by Gasteiger charge is 2.56. The monoisotopic (exact) mass is 375 g/mol. The van der Waals surface area contributed by atoms with E-state index in [9.17, 15) is 9.59 Å². The normalized spacial score (nSPS) is 14.6. The fourth-order valence-electron chi connectivity index (χ4n) is 3.58. The average molecular weight is 375 g/mol. The summed E-state index contributed by atoms with van der Waals surface area (Å²) < 4.78 is 0. The first kappa shape index (κ1) is 18.3. The molecule has 1 aliphatic rings. The van der Waals surface area contributed by atoms with Crippen LogP contribution in [0, 0.1) is 5.41 Å². The van der Waals surface area contributed by atoms with Gasteiger partial charge in [-0.05, 0) is 55.0 Å². The van der Waals surface area contributed by atoms with Crippen molar-refractivity contribution in [3.63, 3.8) is 0 Å². The van der Waals surface area contributed by atoms with Crippen LogP contribution >= 0.6 is 0 Å². The maximum absolute atomic E-state index is 12.7. The Balaban J connectivity index is 1.33. The number of hydrogen-bond donors (Lipinski definition) is 3. The Bertz CT molecular complexity index is 1000. The van der Waals surface area contributed by atoms with Gasteiger partial charge in [-0.1, -0.05) is 37.3 Å². The Kier molecular flexibility index (Phi) is 4.90. The molecule has 5 heteroatoms. The van der Waals surface area contributed by atoms with Crippen molar-refractivity contribution in [2.45, 2.75) is 32.6 Å². The Morgan fingerprint density at radius 1 is 1.04 bits per heavy atom. The smallest absolute Gasteiger partial charge is 0.240 e. The second-order valence-corrected chi connectivity index (χ2v) is 7.45. The first-order valence-electron chi connectivity index (χ1n) is 9.86. The van der Waals surface area contributed by atoms with Gasteiger partial charge >= 0.3 is 0 Å². The first-order valence-corrected chi connectivity index (χ1v) is 9.86. The Hall–Kier alpha value is -3.08. The highest BCUT2D eigenvalue weighted by molar-refractivity contribution is 6.13. The Morgan fingerprint density at radius 2 is 1.79 bits per heavy atom. The molecule has 0 spiro atoms. The van der Waals surface area contributed by atoms with E-state index in [-0.39, 0.29) is 11.8 Å². The van der Waals surface area contributed by atoms with Crippen LogP contribution in [0.5, 0.6) is 0 Å². The second kappa shape index (κ2) is 7.50. The summed E-state index contributed by atoms with van der Waals surface area (Å²) in [5, 5.41) is 7.03. The van der Waals surface area contributed by atoms with Crippen LogP contribution in [0.3, 0.4) is 0 Å². The SMILES string of the molecule is CCc1ccc(NC(=O)C2(C(=O)NCCc3c[nH]c4ccccc34)CC2)cc1. The van der Waals surface area contributed by atoms with E-state index in [0.29, 0.717) is 19.4 Å². The summed E-state index contributed by atoms with van der Waals surface area (Å²) in [6.45, 7) is 2.61. The summed E-state index contributed by atoms with van der Waals surface area (Å²) in [7, 11) is 0. The van der Waals surface area contributed by atoms with Crippen LogP contribution in [0.1, 0.15) is 30.9 Å². The van der Waals surface area contributed by atoms with Gasteiger partial charge in [0.05, 0.1) is 0 Å². The van der Waals surface area contributed by atoms with E-state index in [1.54, 1.807) is 0 Å². The lowest BCUT2D eigenvalue weighted by Gasteiger charge is -2.15. The van der Waals surface area contributed by atoms with Gasteiger partial charge in [0.2, 0.25) is 11.8 Å². The number of aromatic amines is 1. The van der Waals surface area contributed by atoms with Crippen molar-refractivity contribution in [3.05, 3.63) is 65.9 Å². The molecule has 3 aromatic rings. The number of carbonyl (C=O) groups excluding carboxylic acids is 2. The number of hydrogen-bond acceptors (Lipinski definition) is 2. The molecule has 3 N–H and O–H groups in total. The molecule has 1 aliphatic carbocycles. The zero-order valence-electron chi connectivity index (χ0n) is 16.0. The molecule has 0 radical (unpaired) electrons. The van der Waals surface area contributed by atoms with Gasteiger partial charge in [-0.25, -0.2) is 0 Å². The molecule has 144 valence electrons. The number of anilines is 1. The standard InChI is InChI=1S/C23H25N3O2/c1-2-16-7-9-18(10-8-16)26-22(28)23(12-13-23)21(27)24-14-11-17-15-25-20-6-4-3-5-19(17)20/h3-10,15,25H,2,11-14H2,1H3,(H,24,27)(H,26,28). The lowest BCUT2D eigenvalue weighted by Crippen LogP contribution is -2.40. The number of fused-ring (bicyclic) bond motifs is 1. The van der Waals surface area contributed by atoms with Gasteiger partial charge in [0, 0.05) is 29.3 Å². The van der Waals surface area contributed by atoms with Crippen LogP contribution in [-0.2, 0) is 22.4 Å². The van der Waals surface area contributed by atoms with Crippen LogP contribution in [0.15, 0.2) is 54.7 Å². The van der Waals surface area contributed by atoms with Crippen LogP contribution < -0.4 is 10.6 Å². The van der Waals surface area contributed by atoms with Crippen LogP contribution in [0.25, 0.3) is 10.9 Å². The predicted molar refractivity (Wildman–Crippen MR) is 111 cm³/mol. The molecule has 2 amide bonds. The number of carbonyl (C=O) groups is 2. The van der Waals surface area contributed by atoms with Crippen molar-refractivity contribution < 1.29 is 9.59 Å². The highest BCUT2D eigenvalue weighted by atomic mass is 16.2. The van der Waals surface area contributed by atoms with E-state index in [0.717, 1.165) is 24.0 Å². The van der Waals surface area contributed by atoms with Crippen molar-refractivity contribution in [1.82, 2.24) is 10.3 Å². The van der Waals surface area contributed by atoms with Crippen molar-refractivity contribution >= 4 is 28.4 Å². The minimum atomic E-state index is -0.913. The van der Waals surface area contributed by atoms with Crippen LogP contribution in [-0.4, -0.2) is 23.3 Å². The second-order valence-electron chi connectivity index (χ2n) is 7.45. The number of aromatic nitrogens is 1. The number of amides is 2. The number of aryl methyl sites for hydroxylation is 1. The summed E-state index contributed by atoms with van der Waals surface area (Å²) in [4.78, 5) is 28.6. The largest absolute Gasteiger partial charge is 0.361 e. The van der Waals surface area contributed by atoms with E-state index < -0.39 is 5.41 Å². The molecule has 5 nitrogen and oxygen atoms in total. The molecular formula is C23H25N3O2. The zero-order valence-corrected chi connectivity index (χ0v) is 16.0. The molecule has 0 aliphatic heterocycles. The Labute approximate surface area is 164 Å². The topological polar surface area (TPSA) is 74.0 Å². The van der Waals surface area contributed by atoms with Gasteiger partial charge in [0.15, 0.2) is 0 Å². The molecule has 0 saturated heterocycles. The van der Waals surface area contributed by atoms with E-state index in [1.807, 2.05) is 48.7 Å². The molecule has 0 bridgehead atoms. The molecule has 0 unspecified atom stereocenters. The van der Waals surface area contributed by atoms with E-state index in [1.165, 1.54) is 16.5 Å². The van der Waals surface area contributed by atoms with Gasteiger partial charge in [-0.3, -0.25) is 9.59 Å². The van der Waals surface area contributed by atoms with Gasteiger partial charge in [-0.2, -0.15) is 0 Å².